The number of halogens is 3. The highest BCUT2D eigenvalue weighted by Gasteiger charge is 2.54. The van der Waals surface area contributed by atoms with Crippen molar-refractivity contribution in [2.45, 2.75) is 56.6 Å². The average Bonchev–Trinajstić information content (AvgIpc) is 2.98. The highest BCUT2D eigenvalue weighted by Crippen LogP contribution is 2.39. The molecule has 2 fully saturated rings. The molecule has 0 saturated carbocycles. The van der Waals surface area contributed by atoms with Crippen LogP contribution in [0.15, 0.2) is 53.7 Å². The number of pyridine rings is 1. The zero-order valence-corrected chi connectivity index (χ0v) is 20.5. The van der Waals surface area contributed by atoms with E-state index in [1.54, 1.807) is 51.1 Å². The number of rotatable bonds is 3. The molecule has 188 valence electrons. The van der Waals surface area contributed by atoms with E-state index >= 15 is 0 Å². The number of hydrogen-bond acceptors (Lipinski definition) is 6. The van der Waals surface area contributed by atoms with Gasteiger partial charge in [0.2, 0.25) is 0 Å². The third-order valence-corrected chi connectivity index (χ3v) is 8.41. The lowest BCUT2D eigenvalue weighted by molar-refractivity contribution is -0.137. The summed E-state index contributed by atoms with van der Waals surface area (Å²) in [5.74, 6) is -0.178. The zero-order valence-electron chi connectivity index (χ0n) is 19.7. The molecule has 35 heavy (non-hydrogen) atoms. The van der Waals surface area contributed by atoms with Crippen LogP contribution >= 0.6 is 0 Å². The molecular weight excluding hydrogens is 481 g/mol. The van der Waals surface area contributed by atoms with Crippen LogP contribution in [0.2, 0.25) is 0 Å². The molecule has 2 aromatic rings. The Kier molecular flexibility index (Phi) is 6.41. The smallest absolute Gasteiger partial charge is 0.356 e. The molecule has 0 radical (unpaired) electrons. The van der Waals surface area contributed by atoms with Crippen LogP contribution < -0.4 is 4.90 Å². The van der Waals surface area contributed by atoms with Gasteiger partial charge in [0, 0.05) is 19.3 Å². The van der Waals surface area contributed by atoms with Gasteiger partial charge in [-0.3, -0.25) is 9.79 Å². The molecular formula is C24H27F3N4O3S. The molecule has 1 unspecified atom stereocenters. The molecule has 2 aliphatic rings. The maximum atomic E-state index is 13.5. The Morgan fingerprint density at radius 3 is 2.14 bits per heavy atom. The van der Waals surface area contributed by atoms with Gasteiger partial charge in [-0.1, -0.05) is 30.3 Å². The minimum absolute atomic E-state index is 0.0113. The van der Waals surface area contributed by atoms with E-state index in [1.165, 1.54) is 6.07 Å². The van der Waals surface area contributed by atoms with Crippen molar-refractivity contribution in [3.05, 3.63) is 59.8 Å². The van der Waals surface area contributed by atoms with Crippen LogP contribution in [-0.2, 0) is 21.0 Å². The van der Waals surface area contributed by atoms with Gasteiger partial charge in [-0.05, 0) is 51.3 Å². The first-order valence-electron chi connectivity index (χ1n) is 11.3. The summed E-state index contributed by atoms with van der Waals surface area (Å²) in [6.45, 7) is 5.95. The lowest BCUT2D eigenvalue weighted by atomic mass is 10.0. The van der Waals surface area contributed by atoms with E-state index in [2.05, 4.69) is 9.98 Å². The van der Waals surface area contributed by atoms with E-state index in [0.29, 0.717) is 37.3 Å². The van der Waals surface area contributed by atoms with E-state index in [1.807, 2.05) is 4.90 Å². The van der Waals surface area contributed by atoms with Gasteiger partial charge in [-0.2, -0.15) is 13.2 Å². The van der Waals surface area contributed by atoms with E-state index in [9.17, 15) is 26.4 Å². The Hall–Kier alpha value is -2.95. The second-order valence-corrected chi connectivity index (χ2v) is 11.6. The molecule has 0 aliphatic carbocycles. The molecule has 1 atom stereocenters. The molecule has 3 heterocycles. The van der Waals surface area contributed by atoms with Crippen molar-refractivity contribution >= 4 is 27.5 Å². The number of sulfonamides is 1. The number of aromatic nitrogens is 1. The monoisotopic (exact) mass is 508 g/mol. The largest absolute Gasteiger partial charge is 0.417 e. The summed E-state index contributed by atoms with van der Waals surface area (Å²) in [5.41, 5.74) is -1.26. The van der Waals surface area contributed by atoms with Crippen molar-refractivity contribution in [2.24, 2.45) is 4.99 Å². The Bertz CT molecular complexity index is 1220. The third-order valence-electron chi connectivity index (χ3n) is 6.10. The molecule has 11 heteroatoms. The van der Waals surface area contributed by atoms with Crippen molar-refractivity contribution in [2.75, 3.05) is 18.0 Å². The first-order chi connectivity index (χ1) is 16.3. The maximum Gasteiger partial charge on any atom is 0.417 e. The molecule has 2 aliphatic heterocycles. The molecule has 1 aromatic carbocycles. The van der Waals surface area contributed by atoms with Gasteiger partial charge < -0.3 is 4.90 Å². The van der Waals surface area contributed by atoms with Gasteiger partial charge in [0.05, 0.1) is 17.1 Å². The van der Waals surface area contributed by atoms with Crippen LogP contribution in [0.5, 0.6) is 0 Å². The molecule has 0 N–H and O–H groups in total. The number of hydrogen-bond donors (Lipinski definition) is 0. The SMILES string of the molecule is CC(C)(C)N1C(=O)C(=NC2CCN(c3ccc(C(F)(F)F)cn3)CC2)C(c2ccccc2)S1(=O)=O. The first-order valence-corrected chi connectivity index (χ1v) is 12.8. The van der Waals surface area contributed by atoms with Gasteiger partial charge in [-0.15, -0.1) is 0 Å². The Balaban J connectivity index is 1.58. The molecule has 1 amide bonds. The van der Waals surface area contributed by atoms with Crippen LogP contribution in [0.1, 0.15) is 50.0 Å². The van der Waals surface area contributed by atoms with Crippen LogP contribution in [0.3, 0.4) is 0 Å². The first kappa shape index (κ1) is 25.2. The van der Waals surface area contributed by atoms with E-state index < -0.39 is 38.5 Å². The molecule has 4 rings (SSSR count). The lowest BCUT2D eigenvalue weighted by Crippen LogP contribution is -2.45. The second-order valence-electron chi connectivity index (χ2n) is 9.71. The van der Waals surface area contributed by atoms with Gasteiger partial charge in [-0.25, -0.2) is 17.7 Å². The third kappa shape index (κ3) is 4.91. The van der Waals surface area contributed by atoms with Gasteiger partial charge in [0.15, 0.2) is 5.25 Å². The Labute approximate surface area is 202 Å². The Morgan fingerprint density at radius 1 is 1.00 bits per heavy atom. The van der Waals surface area contributed by atoms with Crippen LogP contribution in [-0.4, -0.2) is 54.0 Å². The summed E-state index contributed by atoms with van der Waals surface area (Å²) in [7, 11) is -4.02. The van der Waals surface area contributed by atoms with Crippen molar-refractivity contribution < 1.29 is 26.4 Å². The number of amides is 1. The van der Waals surface area contributed by atoms with Crippen LogP contribution in [0, 0.1) is 0 Å². The van der Waals surface area contributed by atoms with Crippen molar-refractivity contribution in [1.29, 1.82) is 0 Å². The second kappa shape index (κ2) is 8.92. The number of carbonyl (C=O) groups excluding carboxylic acids is 1. The lowest BCUT2D eigenvalue weighted by Gasteiger charge is -2.31. The van der Waals surface area contributed by atoms with Gasteiger partial charge in [0.25, 0.3) is 15.9 Å². The zero-order chi connectivity index (χ0) is 25.6. The minimum Gasteiger partial charge on any atom is -0.356 e. The predicted octanol–water partition coefficient (Wildman–Crippen LogP) is 4.22. The summed E-state index contributed by atoms with van der Waals surface area (Å²) >= 11 is 0. The quantitative estimate of drug-likeness (QED) is 0.620. The fourth-order valence-electron chi connectivity index (χ4n) is 4.51. The standard InChI is InChI=1S/C24H27F3N4O3S/c1-23(2,3)31-22(32)20(21(35(31,33)34)16-7-5-4-6-8-16)29-18-11-13-30(14-12-18)19-10-9-17(15-28-19)24(25,26)27/h4-10,15,18,21H,11-14H2,1-3H3. The molecule has 2 saturated heterocycles. The molecule has 0 bridgehead atoms. The van der Waals surface area contributed by atoms with Crippen molar-refractivity contribution in [3.8, 4) is 0 Å². The fourth-order valence-corrected chi connectivity index (χ4v) is 6.75. The van der Waals surface area contributed by atoms with Crippen LogP contribution in [0.4, 0.5) is 19.0 Å². The van der Waals surface area contributed by atoms with Gasteiger partial charge in [0.1, 0.15) is 11.5 Å². The summed E-state index contributed by atoms with van der Waals surface area (Å²) in [6.07, 6.45) is -2.61. The molecule has 1 aromatic heterocycles. The average molecular weight is 509 g/mol. The predicted molar refractivity (Wildman–Crippen MR) is 127 cm³/mol. The number of carbonyl (C=O) groups is 1. The van der Waals surface area contributed by atoms with Crippen LogP contribution in [0.25, 0.3) is 0 Å². The van der Waals surface area contributed by atoms with E-state index in [4.69, 9.17) is 0 Å². The summed E-state index contributed by atoms with van der Waals surface area (Å²) in [6, 6.07) is 10.6. The number of piperidine rings is 1. The number of alkyl halides is 3. The topological polar surface area (TPSA) is 82.9 Å². The molecule has 0 spiro atoms. The van der Waals surface area contributed by atoms with Crippen molar-refractivity contribution in [3.63, 3.8) is 0 Å². The Morgan fingerprint density at radius 2 is 1.63 bits per heavy atom. The summed E-state index contributed by atoms with van der Waals surface area (Å²) < 4.78 is 66.3. The van der Waals surface area contributed by atoms with E-state index in [-0.39, 0.29) is 11.8 Å². The maximum absolute atomic E-state index is 13.5. The number of aliphatic imine (C=N–C) groups is 1. The van der Waals surface area contributed by atoms with Crippen molar-refractivity contribution in [1.82, 2.24) is 9.29 Å². The number of benzene rings is 1. The highest BCUT2D eigenvalue weighted by atomic mass is 32.2. The number of nitrogens with zero attached hydrogens (tertiary/aromatic N) is 4. The summed E-state index contributed by atoms with van der Waals surface area (Å²) in [5, 5.41) is -1.18. The number of anilines is 1. The summed E-state index contributed by atoms with van der Waals surface area (Å²) in [4.78, 5) is 23.8. The fraction of sp³-hybridized carbons (Fsp3) is 0.458. The normalized spacial score (nSPS) is 22.7. The van der Waals surface area contributed by atoms with E-state index in [0.717, 1.165) is 16.6 Å². The minimum atomic E-state index is -4.45. The molecule has 7 nitrogen and oxygen atoms in total. The highest BCUT2D eigenvalue weighted by molar-refractivity contribution is 7.91. The van der Waals surface area contributed by atoms with Gasteiger partial charge >= 0.3 is 6.18 Å².